The fraction of sp³-hybridized carbons (Fsp3) is 0.250. The minimum Gasteiger partial charge on any atom is -0.243 e. The van der Waals surface area contributed by atoms with Crippen LogP contribution in [0.25, 0.3) is 11.8 Å². The Balaban J connectivity index is 2.09. The number of halogens is 1. The normalized spacial score (nSPS) is 18.1. The van der Waals surface area contributed by atoms with Crippen molar-refractivity contribution in [2.24, 2.45) is 0 Å². The van der Waals surface area contributed by atoms with Gasteiger partial charge >= 0.3 is 0 Å². The van der Waals surface area contributed by atoms with Crippen LogP contribution in [0.4, 0.5) is 0 Å². The van der Waals surface area contributed by atoms with E-state index in [0.717, 1.165) is 29.4 Å². The molecule has 0 atom stereocenters. The molecule has 76 valence electrons. The highest BCUT2D eigenvalue weighted by molar-refractivity contribution is 9.10. The van der Waals surface area contributed by atoms with Gasteiger partial charge in [-0.1, -0.05) is 24.3 Å². The average Bonchev–Trinajstić information content (AvgIpc) is 2.83. The topological polar surface area (TPSA) is 17.8 Å². The van der Waals surface area contributed by atoms with Gasteiger partial charge in [0.15, 0.2) is 0 Å². The molecule has 0 bridgehead atoms. The Labute approximate surface area is 97.1 Å². The fourth-order valence-corrected chi connectivity index (χ4v) is 2.70. The van der Waals surface area contributed by atoms with Crippen LogP contribution in [0.1, 0.15) is 24.2 Å². The maximum absolute atomic E-state index is 4.59. The van der Waals surface area contributed by atoms with Gasteiger partial charge < -0.3 is 0 Å². The molecule has 0 radical (unpaired) electrons. The van der Waals surface area contributed by atoms with E-state index < -0.39 is 0 Å². The van der Waals surface area contributed by atoms with Crippen LogP contribution < -0.4 is 0 Å². The molecule has 0 saturated carbocycles. The number of allylic oxidation sites excluding steroid dienone is 5. The van der Waals surface area contributed by atoms with Crippen LogP contribution in [0.15, 0.2) is 28.8 Å². The molecule has 1 aromatic heterocycles. The third-order valence-corrected chi connectivity index (χ3v) is 3.65. The summed E-state index contributed by atoms with van der Waals surface area (Å²) in [5, 5.41) is 4.59. The maximum atomic E-state index is 4.59. The molecule has 0 N–H and O–H groups in total. The second-order valence-corrected chi connectivity index (χ2v) is 4.59. The molecule has 3 rings (SSSR count). The second-order valence-electron chi connectivity index (χ2n) is 3.80. The zero-order chi connectivity index (χ0) is 10.3. The minimum absolute atomic E-state index is 0.983. The van der Waals surface area contributed by atoms with E-state index in [4.69, 9.17) is 0 Å². The summed E-state index contributed by atoms with van der Waals surface area (Å²) in [7, 11) is 0. The Morgan fingerprint density at radius 2 is 2.27 bits per heavy atom. The monoisotopic (exact) mass is 262 g/mol. The van der Waals surface area contributed by atoms with Crippen LogP contribution in [-0.2, 0) is 6.42 Å². The van der Waals surface area contributed by atoms with Gasteiger partial charge in [0.1, 0.15) is 5.69 Å². The lowest BCUT2D eigenvalue weighted by Gasteiger charge is -2.06. The summed E-state index contributed by atoms with van der Waals surface area (Å²) in [5.74, 6) is 0. The Bertz CT molecular complexity index is 492. The maximum Gasteiger partial charge on any atom is 0.103 e. The van der Waals surface area contributed by atoms with Crippen molar-refractivity contribution in [3.63, 3.8) is 0 Å². The first-order valence-electron chi connectivity index (χ1n) is 5.16. The molecule has 2 nitrogen and oxygen atoms in total. The van der Waals surface area contributed by atoms with Crippen molar-refractivity contribution in [3.05, 3.63) is 40.2 Å². The van der Waals surface area contributed by atoms with Crippen molar-refractivity contribution in [1.82, 2.24) is 9.78 Å². The summed E-state index contributed by atoms with van der Waals surface area (Å²) in [5.41, 5.74) is 3.71. The van der Waals surface area contributed by atoms with E-state index in [1.165, 1.54) is 11.3 Å². The third kappa shape index (κ3) is 1.42. The molecule has 0 unspecified atom stereocenters. The highest BCUT2D eigenvalue weighted by Gasteiger charge is 2.19. The number of hydrogen-bond acceptors (Lipinski definition) is 1. The summed E-state index contributed by atoms with van der Waals surface area (Å²) < 4.78 is 3.13. The fourth-order valence-electron chi connectivity index (χ4n) is 2.02. The summed E-state index contributed by atoms with van der Waals surface area (Å²) in [6, 6.07) is 0. The lowest BCUT2D eigenvalue weighted by Crippen LogP contribution is -1.92. The van der Waals surface area contributed by atoms with Crippen molar-refractivity contribution >= 4 is 27.7 Å². The van der Waals surface area contributed by atoms with Crippen LogP contribution in [0.2, 0.25) is 0 Å². The smallest absolute Gasteiger partial charge is 0.103 e. The molecule has 0 amide bonds. The van der Waals surface area contributed by atoms with E-state index in [2.05, 4.69) is 45.3 Å². The zero-order valence-corrected chi connectivity index (χ0v) is 9.87. The lowest BCUT2D eigenvalue weighted by atomic mass is 10.0. The van der Waals surface area contributed by atoms with E-state index in [9.17, 15) is 0 Å². The largest absolute Gasteiger partial charge is 0.243 e. The van der Waals surface area contributed by atoms with E-state index in [1.54, 1.807) is 0 Å². The number of fused-ring (bicyclic) bond motifs is 1. The molecule has 0 aromatic carbocycles. The van der Waals surface area contributed by atoms with Crippen LogP contribution in [0.3, 0.4) is 0 Å². The van der Waals surface area contributed by atoms with Gasteiger partial charge in [-0.3, -0.25) is 0 Å². The van der Waals surface area contributed by atoms with Gasteiger partial charge in [0.25, 0.3) is 0 Å². The van der Waals surface area contributed by atoms with Gasteiger partial charge in [-0.2, -0.15) is 5.10 Å². The van der Waals surface area contributed by atoms with Gasteiger partial charge in [0.05, 0.1) is 10.2 Å². The summed E-state index contributed by atoms with van der Waals surface area (Å²) in [6.07, 6.45) is 13.8. The molecular formula is C12H11BrN2. The van der Waals surface area contributed by atoms with Crippen LogP contribution in [0, 0.1) is 0 Å². The molecule has 15 heavy (non-hydrogen) atoms. The van der Waals surface area contributed by atoms with E-state index in [1.807, 2.05) is 10.9 Å². The van der Waals surface area contributed by atoms with Gasteiger partial charge in [-0.15, -0.1) is 0 Å². The third-order valence-electron chi connectivity index (χ3n) is 2.82. The van der Waals surface area contributed by atoms with Crippen molar-refractivity contribution in [2.45, 2.75) is 19.3 Å². The van der Waals surface area contributed by atoms with Gasteiger partial charge in [0, 0.05) is 12.6 Å². The molecular weight excluding hydrogens is 252 g/mol. The quantitative estimate of drug-likeness (QED) is 0.759. The standard InChI is InChI=1S/C12H11BrN2/c13-11-10-7-4-8-15(10)14-12(11)9-5-2-1-3-6-9/h1-2,4-5,8H,3,6-7H2. The first-order valence-corrected chi connectivity index (χ1v) is 5.95. The molecule has 0 spiro atoms. The van der Waals surface area contributed by atoms with Gasteiger partial charge in [0.2, 0.25) is 0 Å². The molecule has 3 heteroatoms. The van der Waals surface area contributed by atoms with E-state index in [0.29, 0.717) is 0 Å². The SMILES string of the molecule is Brc1c(C2=CC=CCC2)nn2c1CC=C2. The van der Waals surface area contributed by atoms with Gasteiger partial charge in [-0.25, -0.2) is 4.68 Å². The van der Waals surface area contributed by atoms with Crippen LogP contribution in [-0.4, -0.2) is 9.78 Å². The van der Waals surface area contributed by atoms with Gasteiger partial charge in [-0.05, 0) is 34.3 Å². The Hall–Kier alpha value is -1.09. The Morgan fingerprint density at radius 1 is 1.33 bits per heavy atom. The predicted molar refractivity (Wildman–Crippen MR) is 65.3 cm³/mol. The highest BCUT2D eigenvalue weighted by Crippen LogP contribution is 2.33. The summed E-state index contributed by atoms with van der Waals surface area (Å²) in [4.78, 5) is 0. The number of rotatable bonds is 1. The molecule has 0 saturated heterocycles. The molecule has 1 aliphatic carbocycles. The molecule has 1 aliphatic heterocycles. The van der Waals surface area contributed by atoms with E-state index in [-0.39, 0.29) is 0 Å². The number of hydrogen-bond donors (Lipinski definition) is 0. The first kappa shape index (κ1) is 9.16. The van der Waals surface area contributed by atoms with Crippen LogP contribution in [0.5, 0.6) is 0 Å². The first-order chi connectivity index (χ1) is 7.36. The van der Waals surface area contributed by atoms with E-state index >= 15 is 0 Å². The molecule has 2 heterocycles. The van der Waals surface area contributed by atoms with Crippen molar-refractivity contribution < 1.29 is 0 Å². The molecule has 2 aliphatic rings. The lowest BCUT2D eigenvalue weighted by molar-refractivity contribution is 0.893. The minimum atomic E-state index is 0.983. The predicted octanol–water partition coefficient (Wildman–Crippen LogP) is 3.41. The van der Waals surface area contributed by atoms with Crippen molar-refractivity contribution in [3.8, 4) is 0 Å². The van der Waals surface area contributed by atoms with Crippen molar-refractivity contribution in [1.29, 1.82) is 0 Å². The highest BCUT2D eigenvalue weighted by atomic mass is 79.9. The zero-order valence-electron chi connectivity index (χ0n) is 8.28. The Kier molecular flexibility index (Phi) is 2.13. The van der Waals surface area contributed by atoms with Crippen molar-refractivity contribution in [2.75, 3.05) is 0 Å². The number of nitrogens with zero attached hydrogens (tertiary/aromatic N) is 2. The molecule has 1 aromatic rings. The number of aromatic nitrogens is 2. The Morgan fingerprint density at radius 3 is 3.00 bits per heavy atom. The summed E-state index contributed by atoms with van der Waals surface area (Å²) in [6.45, 7) is 0. The second kappa shape index (κ2) is 3.49. The average molecular weight is 263 g/mol. The van der Waals surface area contributed by atoms with Crippen LogP contribution >= 0.6 is 15.9 Å². The molecule has 0 fully saturated rings. The summed E-state index contributed by atoms with van der Waals surface area (Å²) >= 11 is 3.65.